The molecule has 0 bridgehead atoms. The number of para-hydroxylation sites is 3. The summed E-state index contributed by atoms with van der Waals surface area (Å²) in [5.74, 6) is 1.55. The predicted octanol–water partition coefficient (Wildman–Crippen LogP) is 14.5. The maximum absolute atomic E-state index is 5.77. The third kappa shape index (κ3) is 3.74. The molecule has 6 heteroatoms. The molecule has 0 radical (unpaired) electrons. The van der Waals surface area contributed by atoms with Crippen LogP contribution in [0.4, 0.5) is 0 Å². The highest BCUT2D eigenvalue weighted by atomic mass is 32.1. The molecule has 6 heterocycles. The second-order valence-electron chi connectivity index (χ2n) is 16.1. The van der Waals surface area contributed by atoms with Gasteiger partial charge in [0.1, 0.15) is 0 Å². The molecule has 0 spiro atoms. The molecule has 0 aliphatic carbocycles. The molecule has 0 fully saturated rings. The Hall–Kier alpha value is -7.80. The lowest BCUT2D eigenvalue weighted by Crippen LogP contribution is -2.06. The molecule has 5 nitrogen and oxygen atoms in total. The molecular weight excluding hydrogens is 751 g/mol. The molecule has 0 N–H and O–H groups in total. The van der Waals surface area contributed by atoms with Crippen LogP contribution >= 0.6 is 11.3 Å². The van der Waals surface area contributed by atoms with Gasteiger partial charge in [-0.15, -0.1) is 11.3 Å². The monoisotopic (exact) mass is 779 g/mol. The summed E-state index contributed by atoms with van der Waals surface area (Å²) in [4.78, 5) is 11.4. The van der Waals surface area contributed by atoms with Crippen molar-refractivity contribution in [3.8, 4) is 11.8 Å². The number of aromatic nitrogens is 5. The van der Waals surface area contributed by atoms with Crippen LogP contribution in [0.3, 0.4) is 0 Å². The van der Waals surface area contributed by atoms with E-state index in [1.165, 1.54) is 85.9 Å². The first-order valence-electron chi connectivity index (χ1n) is 20.4. The topological polar surface area (TPSA) is 40.0 Å². The Morgan fingerprint density at radius 1 is 0.367 bits per heavy atom. The molecule has 6 aromatic heterocycles. The van der Waals surface area contributed by atoms with Gasteiger partial charge in [-0.1, -0.05) is 140 Å². The summed E-state index contributed by atoms with van der Waals surface area (Å²) in [6.45, 7) is 0. The van der Waals surface area contributed by atoms with Crippen LogP contribution in [0.25, 0.3) is 135 Å². The van der Waals surface area contributed by atoms with E-state index in [1.54, 1.807) is 11.3 Å². The minimum Gasteiger partial charge on any atom is -0.307 e. The fourth-order valence-electron chi connectivity index (χ4n) is 10.8. The van der Waals surface area contributed by atoms with Crippen molar-refractivity contribution in [1.82, 2.24) is 23.5 Å². The Labute approximate surface area is 344 Å². The van der Waals surface area contributed by atoms with Crippen molar-refractivity contribution < 1.29 is 0 Å². The van der Waals surface area contributed by atoms with Crippen LogP contribution in [0, 0.1) is 0 Å². The molecule has 0 saturated heterocycles. The number of fused-ring (bicyclic) bond motifs is 20. The number of nitrogens with zero attached hydrogens (tertiary/aromatic N) is 5. The van der Waals surface area contributed by atoms with Crippen LogP contribution in [0.1, 0.15) is 0 Å². The Kier molecular flexibility index (Phi) is 5.74. The van der Waals surface area contributed by atoms with Crippen molar-refractivity contribution in [3.63, 3.8) is 0 Å². The molecule has 0 saturated carbocycles. The summed E-state index contributed by atoms with van der Waals surface area (Å²) in [6.07, 6.45) is 0. The number of benzene rings is 9. The first-order valence-corrected chi connectivity index (χ1v) is 21.2. The summed E-state index contributed by atoms with van der Waals surface area (Å²) in [5, 5.41) is 16.0. The summed E-state index contributed by atoms with van der Waals surface area (Å²) >= 11 is 1.77. The fourth-order valence-corrected chi connectivity index (χ4v) is 11.9. The second-order valence-corrected chi connectivity index (χ2v) is 17.1. The zero-order valence-corrected chi connectivity index (χ0v) is 32.7. The van der Waals surface area contributed by atoms with E-state index in [4.69, 9.17) is 9.97 Å². The highest BCUT2D eigenvalue weighted by Gasteiger charge is 2.27. The van der Waals surface area contributed by atoms with Gasteiger partial charge in [0, 0.05) is 58.6 Å². The molecule has 0 atom stereocenters. The van der Waals surface area contributed by atoms with Crippen molar-refractivity contribution in [3.05, 3.63) is 176 Å². The van der Waals surface area contributed by atoms with E-state index in [0.29, 0.717) is 5.95 Å². The molecule has 0 unspecified atom stereocenters. The van der Waals surface area contributed by atoms with Gasteiger partial charge in [-0.3, -0.25) is 9.13 Å². The van der Waals surface area contributed by atoms with E-state index >= 15 is 0 Å². The van der Waals surface area contributed by atoms with Crippen LogP contribution < -0.4 is 0 Å². The van der Waals surface area contributed by atoms with Crippen molar-refractivity contribution in [1.29, 1.82) is 0 Å². The van der Waals surface area contributed by atoms with E-state index in [2.05, 4.69) is 189 Å². The van der Waals surface area contributed by atoms with Gasteiger partial charge in [0.15, 0.2) is 5.82 Å². The SMILES string of the molecule is c1ccc2c(c1)ccc1c2c2ccccc2n1-c1nc(-n2c3ccccc3c3c4c5ccccc5n5c6c7ccccc7ccc6c(cc32)c45)nc2c1sc1ccccc12. The standard InChI is InChI=1S/C54H29N5S/c1-3-15-32-30(13-1)26-28-43-46(32)35-17-5-9-21-40(35)57(43)53-52-49(38-20-8-12-24-45(38)60-52)55-54(56-53)58-41-22-10-6-18-36(41)47-44(58)29-39-34-27-25-31-14-2-4-16-33(31)50(34)59-42-23-11-7-19-37(42)48(47)51(39)59/h1-29H. The Morgan fingerprint density at radius 3 is 1.77 bits per heavy atom. The van der Waals surface area contributed by atoms with Crippen LogP contribution in [0.15, 0.2) is 176 Å². The van der Waals surface area contributed by atoms with Gasteiger partial charge in [0.25, 0.3) is 0 Å². The second kappa shape index (κ2) is 11.0. The molecule has 0 aliphatic rings. The molecule has 60 heavy (non-hydrogen) atoms. The number of rotatable bonds is 2. The fraction of sp³-hybridized carbons (Fsp3) is 0. The molecule has 0 aliphatic heterocycles. The van der Waals surface area contributed by atoms with Crippen LogP contribution in [0.2, 0.25) is 0 Å². The predicted molar refractivity (Wildman–Crippen MR) is 253 cm³/mol. The van der Waals surface area contributed by atoms with Crippen molar-refractivity contribution in [2.45, 2.75) is 0 Å². The first-order chi connectivity index (χ1) is 29.8. The largest absolute Gasteiger partial charge is 0.307 e. The molecular formula is C54H29N5S. The van der Waals surface area contributed by atoms with Gasteiger partial charge in [-0.2, -0.15) is 4.98 Å². The molecule has 0 amide bonds. The quantitative estimate of drug-likeness (QED) is 0.175. The van der Waals surface area contributed by atoms with Crippen molar-refractivity contribution in [2.75, 3.05) is 0 Å². The number of thiophene rings is 1. The minimum absolute atomic E-state index is 0.658. The van der Waals surface area contributed by atoms with E-state index < -0.39 is 0 Å². The van der Waals surface area contributed by atoms with Crippen molar-refractivity contribution >= 4 is 135 Å². The zero-order valence-electron chi connectivity index (χ0n) is 31.9. The van der Waals surface area contributed by atoms with E-state index in [9.17, 15) is 0 Å². The summed E-state index contributed by atoms with van der Waals surface area (Å²) in [5.41, 5.74) is 9.13. The highest BCUT2D eigenvalue weighted by molar-refractivity contribution is 7.26. The lowest BCUT2D eigenvalue weighted by atomic mass is 10.0. The maximum atomic E-state index is 5.77. The normalized spacial score (nSPS) is 12.7. The number of hydrogen-bond acceptors (Lipinski definition) is 3. The van der Waals surface area contributed by atoms with Gasteiger partial charge >= 0.3 is 0 Å². The number of hydrogen-bond donors (Lipinski definition) is 0. The molecule has 15 rings (SSSR count). The Bertz CT molecular complexity index is 4370. The summed E-state index contributed by atoms with van der Waals surface area (Å²) in [7, 11) is 0. The van der Waals surface area contributed by atoms with Crippen LogP contribution in [-0.4, -0.2) is 23.5 Å². The highest BCUT2D eigenvalue weighted by Crippen LogP contribution is 2.48. The van der Waals surface area contributed by atoms with Gasteiger partial charge in [0.05, 0.1) is 48.8 Å². The lowest BCUT2D eigenvalue weighted by molar-refractivity contribution is 0.977. The summed E-state index contributed by atoms with van der Waals surface area (Å²) in [6, 6.07) is 64.2. The molecule has 9 aromatic carbocycles. The third-order valence-electron chi connectivity index (χ3n) is 13.2. The molecule has 15 aromatic rings. The molecule has 276 valence electrons. The van der Waals surface area contributed by atoms with Crippen LogP contribution in [0.5, 0.6) is 0 Å². The first kappa shape index (κ1) is 31.2. The van der Waals surface area contributed by atoms with Crippen molar-refractivity contribution in [2.24, 2.45) is 0 Å². The van der Waals surface area contributed by atoms with Gasteiger partial charge < -0.3 is 4.40 Å². The average molecular weight is 780 g/mol. The van der Waals surface area contributed by atoms with E-state index in [-0.39, 0.29) is 0 Å². The smallest absolute Gasteiger partial charge is 0.237 e. The lowest BCUT2D eigenvalue weighted by Gasteiger charge is -2.13. The summed E-state index contributed by atoms with van der Waals surface area (Å²) < 4.78 is 9.51. The zero-order chi connectivity index (χ0) is 38.8. The van der Waals surface area contributed by atoms with Gasteiger partial charge in [0.2, 0.25) is 5.95 Å². The van der Waals surface area contributed by atoms with E-state index in [1.807, 2.05) is 0 Å². The van der Waals surface area contributed by atoms with Gasteiger partial charge in [-0.25, -0.2) is 4.98 Å². The van der Waals surface area contributed by atoms with Crippen LogP contribution in [-0.2, 0) is 0 Å². The Morgan fingerprint density at radius 2 is 0.967 bits per heavy atom. The average Bonchev–Trinajstić information content (AvgIpc) is 4.10. The third-order valence-corrected chi connectivity index (χ3v) is 14.3. The Balaban J connectivity index is 1.15. The van der Waals surface area contributed by atoms with Gasteiger partial charge in [-0.05, 0) is 52.6 Å². The minimum atomic E-state index is 0.658. The maximum Gasteiger partial charge on any atom is 0.237 e. The van der Waals surface area contributed by atoms with E-state index in [0.717, 1.165) is 43.5 Å².